The largest absolute Gasteiger partial charge is 0.341 e. The quantitative estimate of drug-likeness (QED) is 0.330. The molecule has 0 saturated heterocycles. The number of halogens is 2. The third-order valence-electron chi connectivity index (χ3n) is 4.72. The van der Waals surface area contributed by atoms with Gasteiger partial charge in [0.25, 0.3) is 0 Å². The van der Waals surface area contributed by atoms with E-state index in [0.29, 0.717) is 27.6 Å². The van der Waals surface area contributed by atoms with Gasteiger partial charge in [0.15, 0.2) is 11.0 Å². The van der Waals surface area contributed by atoms with Crippen LogP contribution in [0.25, 0.3) is 17.1 Å². The molecule has 6 nitrogen and oxygen atoms in total. The molecule has 0 N–H and O–H groups in total. The van der Waals surface area contributed by atoms with Crippen molar-refractivity contribution in [3.63, 3.8) is 0 Å². The molecule has 2 heterocycles. The molecule has 4 aromatic rings. The summed E-state index contributed by atoms with van der Waals surface area (Å²) in [5.74, 6) is 0.852. The van der Waals surface area contributed by atoms with Gasteiger partial charge in [-0.3, -0.25) is 14.3 Å². The number of carbonyl (C=O) groups excluding carboxylic acids is 1. The van der Waals surface area contributed by atoms with E-state index in [9.17, 15) is 4.79 Å². The van der Waals surface area contributed by atoms with Crippen LogP contribution in [0.5, 0.6) is 0 Å². The topological polar surface area (TPSA) is 63.9 Å². The number of amides is 1. The molecule has 32 heavy (non-hydrogen) atoms. The predicted molar refractivity (Wildman–Crippen MR) is 128 cm³/mol. The summed E-state index contributed by atoms with van der Waals surface area (Å²) in [5, 5.41) is 10.3. The number of thioether (sulfide) groups is 1. The van der Waals surface area contributed by atoms with Crippen LogP contribution < -0.4 is 0 Å². The van der Waals surface area contributed by atoms with Crippen molar-refractivity contribution in [2.24, 2.45) is 0 Å². The molecular weight excluding hydrogens is 465 g/mol. The van der Waals surface area contributed by atoms with Crippen LogP contribution in [0.3, 0.4) is 0 Å². The van der Waals surface area contributed by atoms with Gasteiger partial charge in [0, 0.05) is 37.2 Å². The number of para-hydroxylation sites is 1. The van der Waals surface area contributed by atoms with Crippen molar-refractivity contribution in [2.45, 2.75) is 11.7 Å². The average Bonchev–Trinajstić information content (AvgIpc) is 3.25. The smallest absolute Gasteiger partial charge is 0.233 e. The fourth-order valence-electron chi connectivity index (χ4n) is 3.09. The standard InChI is InChI=1S/C23H19Cl2N5OS/c1-29(14-16-9-10-19(24)20(25)12-16)21(31)15-32-23-28-27-22(17-6-5-11-26-13-17)30(23)18-7-3-2-4-8-18/h2-13H,14-15H2,1H3. The zero-order chi connectivity index (χ0) is 22.5. The molecule has 0 aliphatic rings. The summed E-state index contributed by atoms with van der Waals surface area (Å²) in [4.78, 5) is 18.6. The summed E-state index contributed by atoms with van der Waals surface area (Å²) in [5.41, 5.74) is 2.67. The van der Waals surface area contributed by atoms with Crippen LogP contribution in [0, 0.1) is 0 Å². The third kappa shape index (κ3) is 5.12. The molecule has 0 atom stereocenters. The normalized spacial score (nSPS) is 10.8. The summed E-state index contributed by atoms with van der Waals surface area (Å²) in [7, 11) is 1.76. The van der Waals surface area contributed by atoms with Crippen molar-refractivity contribution in [3.05, 3.63) is 88.7 Å². The second-order valence-electron chi connectivity index (χ2n) is 7.01. The van der Waals surface area contributed by atoms with Crippen molar-refractivity contribution >= 4 is 40.9 Å². The summed E-state index contributed by atoms with van der Waals surface area (Å²) in [6.07, 6.45) is 3.46. The lowest BCUT2D eigenvalue weighted by Gasteiger charge is -2.17. The Morgan fingerprint density at radius 2 is 1.84 bits per heavy atom. The van der Waals surface area contributed by atoms with Crippen LogP contribution in [0.2, 0.25) is 10.0 Å². The van der Waals surface area contributed by atoms with E-state index in [-0.39, 0.29) is 11.7 Å². The van der Waals surface area contributed by atoms with Crippen LogP contribution in [0.4, 0.5) is 0 Å². The highest BCUT2D eigenvalue weighted by Crippen LogP contribution is 2.28. The fraction of sp³-hybridized carbons (Fsp3) is 0.130. The Bertz CT molecular complexity index is 1220. The lowest BCUT2D eigenvalue weighted by molar-refractivity contribution is -0.127. The first-order valence-electron chi connectivity index (χ1n) is 9.75. The Balaban J connectivity index is 1.52. The van der Waals surface area contributed by atoms with E-state index < -0.39 is 0 Å². The van der Waals surface area contributed by atoms with E-state index >= 15 is 0 Å². The minimum Gasteiger partial charge on any atom is -0.341 e. The fourth-order valence-corrected chi connectivity index (χ4v) is 4.30. The van der Waals surface area contributed by atoms with Crippen LogP contribution in [0.15, 0.2) is 78.2 Å². The van der Waals surface area contributed by atoms with Gasteiger partial charge in [-0.05, 0) is 42.0 Å². The number of benzene rings is 2. The summed E-state index contributed by atoms with van der Waals surface area (Å²) in [6, 6.07) is 19.0. The van der Waals surface area contributed by atoms with Gasteiger partial charge in [-0.1, -0.05) is 59.2 Å². The lowest BCUT2D eigenvalue weighted by atomic mass is 10.2. The molecule has 0 saturated carbocycles. The monoisotopic (exact) mass is 483 g/mol. The van der Waals surface area contributed by atoms with E-state index in [0.717, 1.165) is 16.8 Å². The molecule has 0 radical (unpaired) electrons. The number of hydrogen-bond acceptors (Lipinski definition) is 5. The summed E-state index contributed by atoms with van der Waals surface area (Å²) < 4.78 is 1.94. The Morgan fingerprint density at radius 3 is 2.56 bits per heavy atom. The van der Waals surface area contributed by atoms with Crippen molar-refractivity contribution in [1.29, 1.82) is 0 Å². The highest BCUT2D eigenvalue weighted by atomic mass is 35.5. The zero-order valence-electron chi connectivity index (χ0n) is 17.2. The van der Waals surface area contributed by atoms with Gasteiger partial charge >= 0.3 is 0 Å². The van der Waals surface area contributed by atoms with Gasteiger partial charge in [-0.2, -0.15) is 0 Å². The highest BCUT2D eigenvalue weighted by molar-refractivity contribution is 7.99. The van der Waals surface area contributed by atoms with E-state index in [1.165, 1.54) is 11.8 Å². The highest BCUT2D eigenvalue weighted by Gasteiger charge is 2.18. The molecule has 2 aromatic heterocycles. The molecule has 0 spiro atoms. The van der Waals surface area contributed by atoms with Gasteiger partial charge < -0.3 is 4.90 Å². The molecule has 9 heteroatoms. The van der Waals surface area contributed by atoms with Crippen LogP contribution in [-0.2, 0) is 11.3 Å². The first-order chi connectivity index (χ1) is 15.5. The van der Waals surface area contributed by atoms with Gasteiger partial charge in [0.1, 0.15) is 0 Å². The van der Waals surface area contributed by atoms with E-state index in [1.807, 2.05) is 53.1 Å². The minimum absolute atomic E-state index is 0.0355. The van der Waals surface area contributed by atoms with Crippen molar-refractivity contribution in [3.8, 4) is 17.1 Å². The van der Waals surface area contributed by atoms with E-state index in [2.05, 4.69) is 15.2 Å². The molecule has 162 valence electrons. The van der Waals surface area contributed by atoms with Crippen LogP contribution in [0.1, 0.15) is 5.56 Å². The number of pyridine rings is 1. The molecule has 2 aromatic carbocycles. The number of carbonyl (C=O) groups is 1. The summed E-state index contributed by atoms with van der Waals surface area (Å²) >= 11 is 13.4. The van der Waals surface area contributed by atoms with Crippen LogP contribution >= 0.6 is 35.0 Å². The van der Waals surface area contributed by atoms with Gasteiger partial charge in [0.2, 0.25) is 5.91 Å². The third-order valence-corrected chi connectivity index (χ3v) is 6.37. The predicted octanol–water partition coefficient (Wildman–Crippen LogP) is 5.39. The molecule has 0 bridgehead atoms. The average molecular weight is 484 g/mol. The van der Waals surface area contributed by atoms with Crippen molar-refractivity contribution in [1.82, 2.24) is 24.6 Å². The SMILES string of the molecule is CN(Cc1ccc(Cl)c(Cl)c1)C(=O)CSc1nnc(-c2cccnc2)n1-c1ccccc1. The Kier molecular flexibility index (Phi) is 7.09. The molecule has 0 aliphatic heterocycles. The molecule has 0 fully saturated rings. The molecule has 0 aliphatic carbocycles. The van der Waals surface area contributed by atoms with E-state index in [4.69, 9.17) is 23.2 Å². The first-order valence-corrected chi connectivity index (χ1v) is 11.5. The first kappa shape index (κ1) is 22.3. The van der Waals surface area contributed by atoms with Gasteiger partial charge in [-0.25, -0.2) is 0 Å². The molecular formula is C23H19Cl2N5OS. The Morgan fingerprint density at radius 1 is 1.03 bits per heavy atom. The maximum Gasteiger partial charge on any atom is 0.233 e. The number of nitrogens with zero attached hydrogens (tertiary/aromatic N) is 5. The van der Waals surface area contributed by atoms with Crippen molar-refractivity contribution in [2.75, 3.05) is 12.8 Å². The minimum atomic E-state index is -0.0355. The Labute approximate surface area is 200 Å². The molecule has 1 amide bonds. The molecule has 0 unspecified atom stereocenters. The maximum absolute atomic E-state index is 12.8. The van der Waals surface area contributed by atoms with Gasteiger partial charge in [0.05, 0.1) is 15.8 Å². The summed E-state index contributed by atoms with van der Waals surface area (Å²) in [6.45, 7) is 0.433. The Hall–Kier alpha value is -2.87. The number of rotatable bonds is 7. The van der Waals surface area contributed by atoms with Gasteiger partial charge in [-0.15, -0.1) is 10.2 Å². The van der Waals surface area contributed by atoms with Crippen LogP contribution in [-0.4, -0.2) is 43.4 Å². The molecule has 4 rings (SSSR count). The zero-order valence-corrected chi connectivity index (χ0v) is 19.5. The second-order valence-corrected chi connectivity index (χ2v) is 8.76. The van der Waals surface area contributed by atoms with Crippen molar-refractivity contribution < 1.29 is 4.79 Å². The number of hydrogen-bond donors (Lipinski definition) is 0. The second kappa shape index (κ2) is 10.2. The number of aromatic nitrogens is 4. The van der Waals surface area contributed by atoms with E-state index in [1.54, 1.807) is 36.5 Å². The lowest BCUT2D eigenvalue weighted by Crippen LogP contribution is -2.27. The maximum atomic E-state index is 12.8.